The van der Waals surface area contributed by atoms with Crippen LogP contribution in [-0.2, 0) is 13.9 Å². The van der Waals surface area contributed by atoms with Crippen molar-refractivity contribution in [2.24, 2.45) is 0 Å². The molecule has 0 radical (unpaired) electrons. The summed E-state index contributed by atoms with van der Waals surface area (Å²) < 4.78 is 14.0. The number of hydrogen-bond acceptors (Lipinski definition) is 5. The van der Waals surface area contributed by atoms with E-state index < -0.39 is 19.4 Å². The van der Waals surface area contributed by atoms with E-state index in [4.69, 9.17) is 14.9 Å². The molecule has 0 saturated heterocycles. The van der Waals surface area contributed by atoms with E-state index in [0.717, 1.165) is 0 Å². The molecule has 0 spiro atoms. The van der Waals surface area contributed by atoms with Crippen molar-refractivity contribution in [1.29, 1.82) is 0 Å². The smallest absolute Gasteiger partial charge is 0.502 e. The average Bonchev–Trinajstić information content (AvgIpc) is 2.09. The molecule has 0 aromatic heterocycles. The summed E-state index contributed by atoms with van der Waals surface area (Å²) in [7, 11) is -4.68. The number of phosphoric ester groups is 1. The zero-order valence-corrected chi connectivity index (χ0v) is 9.12. The van der Waals surface area contributed by atoms with Crippen LogP contribution in [0.2, 0.25) is 0 Å². The fourth-order valence-electron chi connectivity index (χ4n) is 0.507. The molecule has 0 aliphatic rings. The molecule has 0 fully saturated rings. The number of phosphoric acid groups is 1. The lowest BCUT2D eigenvalue weighted by molar-refractivity contribution is -0.117. The second kappa shape index (κ2) is 6.08. The van der Waals surface area contributed by atoms with Crippen LogP contribution in [0.4, 0.5) is 0 Å². The van der Waals surface area contributed by atoms with Crippen molar-refractivity contribution in [3.8, 4) is 0 Å². The van der Waals surface area contributed by atoms with E-state index in [9.17, 15) is 9.36 Å². The number of ketones is 1. The van der Waals surface area contributed by atoms with Crippen molar-refractivity contribution in [2.45, 2.75) is 6.42 Å². The first-order valence-corrected chi connectivity index (χ1v) is 6.44. The molecule has 0 aromatic rings. The number of aliphatic hydroxyl groups excluding tert-OH is 1. The van der Waals surface area contributed by atoms with Crippen molar-refractivity contribution in [1.82, 2.24) is 0 Å². The number of allylic oxidation sites excluding steroid dienone is 1. The number of Topliss-reactive ketones (excluding diaryl/α,β-unsaturated/α-hetero) is 1. The van der Waals surface area contributed by atoms with Crippen molar-refractivity contribution in [3.63, 3.8) is 0 Å². The molecule has 14 heavy (non-hydrogen) atoms. The van der Waals surface area contributed by atoms with Gasteiger partial charge in [-0.25, -0.2) is 4.57 Å². The Morgan fingerprint density at radius 3 is 2.57 bits per heavy atom. The van der Waals surface area contributed by atoms with E-state index in [-0.39, 0.29) is 6.42 Å². The van der Waals surface area contributed by atoms with E-state index in [1.165, 1.54) is 11.8 Å². The van der Waals surface area contributed by atoms with Crippen molar-refractivity contribution >= 4 is 25.4 Å². The summed E-state index contributed by atoms with van der Waals surface area (Å²) in [6.07, 6.45) is 2.25. The Balaban J connectivity index is 4.11. The van der Waals surface area contributed by atoms with Gasteiger partial charge in [0.2, 0.25) is 5.78 Å². The SMILES string of the molecule is CSCCC(=O)C(O)=COP(=O)(O)O. The minimum absolute atomic E-state index is 0.0913. The van der Waals surface area contributed by atoms with Gasteiger partial charge in [-0.1, -0.05) is 0 Å². The van der Waals surface area contributed by atoms with Crippen LogP contribution in [0.1, 0.15) is 6.42 Å². The zero-order valence-electron chi connectivity index (χ0n) is 7.41. The Labute approximate surface area is 85.2 Å². The summed E-state index contributed by atoms with van der Waals surface area (Å²) in [5.41, 5.74) is 0. The van der Waals surface area contributed by atoms with Gasteiger partial charge >= 0.3 is 7.82 Å². The fraction of sp³-hybridized carbons (Fsp3) is 0.500. The first-order valence-electron chi connectivity index (χ1n) is 3.52. The van der Waals surface area contributed by atoms with Crippen LogP contribution in [0.5, 0.6) is 0 Å². The topological polar surface area (TPSA) is 104 Å². The minimum atomic E-state index is -4.68. The molecule has 0 aromatic carbocycles. The molecule has 0 aliphatic heterocycles. The number of hydrogen-bond donors (Lipinski definition) is 3. The Morgan fingerprint density at radius 1 is 1.57 bits per heavy atom. The highest BCUT2D eigenvalue weighted by Crippen LogP contribution is 2.36. The normalized spacial score (nSPS) is 12.6. The van der Waals surface area contributed by atoms with Gasteiger partial charge in [-0.15, -0.1) is 0 Å². The third kappa shape index (κ3) is 6.97. The van der Waals surface area contributed by atoms with Gasteiger partial charge in [0, 0.05) is 12.2 Å². The lowest BCUT2D eigenvalue weighted by Gasteiger charge is -2.02. The Kier molecular flexibility index (Phi) is 5.87. The molecule has 0 aliphatic carbocycles. The molecule has 8 heteroatoms. The highest BCUT2D eigenvalue weighted by molar-refractivity contribution is 7.98. The van der Waals surface area contributed by atoms with Crippen LogP contribution < -0.4 is 0 Å². The number of carbonyl (C=O) groups excluding carboxylic acids is 1. The first-order chi connectivity index (χ1) is 6.37. The van der Waals surface area contributed by atoms with E-state index in [2.05, 4.69) is 4.52 Å². The van der Waals surface area contributed by atoms with Gasteiger partial charge in [0.05, 0.1) is 0 Å². The molecular weight excluding hydrogens is 231 g/mol. The van der Waals surface area contributed by atoms with Crippen molar-refractivity contribution < 1.29 is 28.8 Å². The maximum atomic E-state index is 11.0. The predicted molar refractivity (Wildman–Crippen MR) is 51.8 cm³/mol. The molecule has 0 amide bonds. The van der Waals surface area contributed by atoms with Crippen molar-refractivity contribution in [2.75, 3.05) is 12.0 Å². The van der Waals surface area contributed by atoms with Gasteiger partial charge < -0.3 is 9.63 Å². The van der Waals surface area contributed by atoms with Gasteiger partial charge in [-0.05, 0) is 6.26 Å². The number of thioether (sulfide) groups is 1. The lowest BCUT2D eigenvalue weighted by atomic mass is 10.3. The summed E-state index contributed by atoms with van der Waals surface area (Å²) >= 11 is 1.42. The molecular formula is C6H11O6PS. The molecule has 0 atom stereocenters. The third-order valence-electron chi connectivity index (χ3n) is 1.12. The van der Waals surface area contributed by atoms with Crippen molar-refractivity contribution in [3.05, 3.63) is 12.0 Å². The Hall–Kier alpha value is -0.490. The fourth-order valence-corrected chi connectivity index (χ4v) is 1.13. The largest absolute Gasteiger partial charge is 0.524 e. The van der Waals surface area contributed by atoms with Crippen LogP contribution in [0.25, 0.3) is 0 Å². The molecule has 6 nitrogen and oxygen atoms in total. The van der Waals surface area contributed by atoms with Gasteiger partial charge in [0.15, 0.2) is 5.76 Å². The van der Waals surface area contributed by atoms with Crippen LogP contribution in [-0.4, -0.2) is 32.7 Å². The van der Waals surface area contributed by atoms with Gasteiger partial charge in [-0.2, -0.15) is 11.8 Å². The van der Waals surface area contributed by atoms with E-state index in [1.807, 2.05) is 0 Å². The second-order valence-corrected chi connectivity index (χ2v) is 4.44. The number of aliphatic hydroxyl groups is 1. The summed E-state index contributed by atoms with van der Waals surface area (Å²) in [6, 6.07) is 0. The highest BCUT2D eigenvalue weighted by atomic mass is 32.2. The summed E-state index contributed by atoms with van der Waals surface area (Å²) in [5, 5.41) is 8.94. The van der Waals surface area contributed by atoms with Gasteiger partial charge in [-0.3, -0.25) is 14.6 Å². The van der Waals surface area contributed by atoms with Crippen LogP contribution in [0.15, 0.2) is 12.0 Å². The summed E-state index contributed by atoms with van der Waals surface area (Å²) in [5.74, 6) is -0.887. The van der Waals surface area contributed by atoms with E-state index >= 15 is 0 Å². The Morgan fingerprint density at radius 2 is 2.14 bits per heavy atom. The lowest BCUT2D eigenvalue weighted by Crippen LogP contribution is -2.03. The van der Waals surface area contributed by atoms with E-state index in [0.29, 0.717) is 12.0 Å². The maximum Gasteiger partial charge on any atom is 0.524 e. The number of rotatable bonds is 6. The van der Waals surface area contributed by atoms with Crippen LogP contribution >= 0.6 is 19.6 Å². The molecule has 3 N–H and O–H groups in total. The molecule has 0 heterocycles. The third-order valence-corrected chi connectivity index (χ3v) is 2.11. The molecule has 0 unspecified atom stereocenters. The maximum absolute atomic E-state index is 11.0. The zero-order chi connectivity index (χ0) is 11.2. The molecule has 0 bridgehead atoms. The number of carbonyl (C=O) groups is 1. The quantitative estimate of drug-likeness (QED) is 0.359. The minimum Gasteiger partial charge on any atom is -0.502 e. The molecule has 0 rings (SSSR count). The average molecular weight is 242 g/mol. The van der Waals surface area contributed by atoms with Gasteiger partial charge in [0.1, 0.15) is 6.26 Å². The second-order valence-electron chi connectivity index (χ2n) is 2.27. The predicted octanol–water partition coefficient (Wildman–Crippen LogP) is 0.817. The summed E-state index contributed by atoms with van der Waals surface area (Å²) in [4.78, 5) is 27.4. The monoisotopic (exact) mass is 242 g/mol. The first kappa shape index (κ1) is 13.5. The standard InChI is InChI=1S/C6H11O6PS/c1-14-3-2-5(7)6(8)4-12-13(9,10)11/h4,8H,2-3H2,1H3,(H2,9,10,11). The molecule has 0 saturated carbocycles. The van der Waals surface area contributed by atoms with Gasteiger partial charge in [0.25, 0.3) is 0 Å². The van der Waals surface area contributed by atoms with E-state index in [1.54, 1.807) is 6.26 Å². The van der Waals surface area contributed by atoms with Crippen LogP contribution in [0.3, 0.4) is 0 Å². The Bertz CT molecular complexity index is 269. The molecule has 82 valence electrons. The highest BCUT2D eigenvalue weighted by Gasteiger charge is 2.15. The van der Waals surface area contributed by atoms with Crippen LogP contribution in [0, 0.1) is 0 Å². The summed E-state index contributed by atoms with van der Waals surface area (Å²) in [6.45, 7) is 0.